The molecule has 0 saturated carbocycles. The Kier molecular flexibility index (Phi) is 5.32. The van der Waals surface area contributed by atoms with Gasteiger partial charge in [0, 0.05) is 11.9 Å². The number of hydrogen-bond acceptors (Lipinski definition) is 3. The zero-order valence-electron chi connectivity index (χ0n) is 9.11. The highest BCUT2D eigenvalue weighted by Crippen LogP contribution is 2.15. The Morgan fingerprint density at radius 1 is 1.40 bits per heavy atom. The van der Waals surface area contributed by atoms with Crippen molar-refractivity contribution in [1.82, 2.24) is 4.98 Å². The van der Waals surface area contributed by atoms with Crippen LogP contribution in [0.4, 0.5) is 5.69 Å². The second-order valence-electron chi connectivity index (χ2n) is 3.52. The maximum Gasteiger partial charge on any atom is 0.0664 e. The van der Waals surface area contributed by atoms with E-state index in [1.54, 1.807) is 18.5 Å². The van der Waals surface area contributed by atoms with Crippen molar-refractivity contribution in [2.45, 2.75) is 37.5 Å². The molecule has 84 valence electrons. The lowest BCUT2D eigenvalue weighted by atomic mass is 10.2. The number of rotatable bonds is 6. The molecular weight excluding hydrogens is 208 g/mol. The number of nitrogens with zero attached hydrogens (tertiary/aromatic N) is 1. The molecule has 0 fully saturated rings. The van der Waals surface area contributed by atoms with E-state index in [-0.39, 0.29) is 0 Å². The van der Waals surface area contributed by atoms with Gasteiger partial charge in [0.1, 0.15) is 0 Å². The van der Waals surface area contributed by atoms with Gasteiger partial charge in [-0.3, -0.25) is 9.19 Å². The summed E-state index contributed by atoms with van der Waals surface area (Å²) < 4.78 is 11.8. The van der Waals surface area contributed by atoms with Gasteiger partial charge in [-0.15, -0.1) is 0 Å². The minimum atomic E-state index is -0.963. The van der Waals surface area contributed by atoms with E-state index >= 15 is 0 Å². The third kappa shape index (κ3) is 4.00. The van der Waals surface area contributed by atoms with Gasteiger partial charge in [0.25, 0.3) is 0 Å². The van der Waals surface area contributed by atoms with E-state index in [1.165, 1.54) is 12.8 Å². The van der Waals surface area contributed by atoms with Gasteiger partial charge < -0.3 is 5.73 Å². The molecule has 0 radical (unpaired) electrons. The lowest BCUT2D eigenvalue weighted by Gasteiger charge is -2.04. The predicted molar refractivity (Wildman–Crippen MR) is 64.1 cm³/mol. The summed E-state index contributed by atoms with van der Waals surface area (Å²) in [4.78, 5) is 4.60. The summed E-state index contributed by atoms with van der Waals surface area (Å²) in [7, 11) is -0.963. The smallest absolute Gasteiger partial charge is 0.0664 e. The van der Waals surface area contributed by atoms with Crippen molar-refractivity contribution in [3.8, 4) is 0 Å². The average molecular weight is 226 g/mol. The van der Waals surface area contributed by atoms with Gasteiger partial charge in [0.05, 0.1) is 27.6 Å². The summed E-state index contributed by atoms with van der Waals surface area (Å²) in [6.07, 6.45) is 7.75. The van der Waals surface area contributed by atoms with Gasteiger partial charge in [-0.2, -0.15) is 0 Å². The number of nitrogens with two attached hydrogens (primary N) is 1. The van der Waals surface area contributed by atoms with Gasteiger partial charge in [-0.1, -0.05) is 26.2 Å². The number of anilines is 1. The summed E-state index contributed by atoms with van der Waals surface area (Å²) in [6, 6.07) is 1.74. The summed E-state index contributed by atoms with van der Waals surface area (Å²) in [5, 5.41) is 0. The largest absolute Gasteiger partial charge is 0.396 e. The van der Waals surface area contributed by atoms with E-state index in [9.17, 15) is 4.21 Å². The van der Waals surface area contributed by atoms with Gasteiger partial charge >= 0.3 is 0 Å². The molecule has 0 aliphatic carbocycles. The second-order valence-corrected chi connectivity index (χ2v) is 5.06. The van der Waals surface area contributed by atoms with Crippen LogP contribution < -0.4 is 5.73 Å². The molecule has 0 spiro atoms. The number of hydrogen-bond donors (Lipinski definition) is 1. The Bertz CT molecular complexity index is 328. The van der Waals surface area contributed by atoms with Gasteiger partial charge in [-0.25, -0.2) is 0 Å². The highest BCUT2D eigenvalue weighted by atomic mass is 32.2. The van der Waals surface area contributed by atoms with Crippen molar-refractivity contribution in [2.75, 3.05) is 11.5 Å². The van der Waals surface area contributed by atoms with E-state index in [0.717, 1.165) is 17.7 Å². The molecule has 1 unspecified atom stereocenters. The summed E-state index contributed by atoms with van der Waals surface area (Å²) in [5.41, 5.74) is 6.23. The fourth-order valence-electron chi connectivity index (χ4n) is 1.37. The Labute approximate surface area is 93.6 Å². The van der Waals surface area contributed by atoms with Crippen LogP contribution in [-0.4, -0.2) is 14.9 Å². The van der Waals surface area contributed by atoms with Crippen LogP contribution in [-0.2, 0) is 10.8 Å². The molecule has 0 saturated heterocycles. The Hall–Kier alpha value is -0.900. The first-order valence-electron chi connectivity index (χ1n) is 5.33. The summed E-state index contributed by atoms with van der Waals surface area (Å²) in [6.45, 7) is 2.16. The normalized spacial score (nSPS) is 12.6. The Morgan fingerprint density at radius 3 is 2.87 bits per heavy atom. The number of pyridine rings is 1. The standard InChI is InChI=1S/C11H18N2OS/c1-2-3-4-5-8-15(14)11-6-7-13-9-10(11)12/h6-7,9H,2-5,8,12H2,1H3. The molecule has 15 heavy (non-hydrogen) atoms. The third-order valence-electron chi connectivity index (χ3n) is 2.24. The zero-order chi connectivity index (χ0) is 11.1. The molecule has 1 rings (SSSR count). The maximum absolute atomic E-state index is 11.8. The van der Waals surface area contributed by atoms with Crippen LogP contribution >= 0.6 is 0 Å². The van der Waals surface area contributed by atoms with E-state index in [1.807, 2.05) is 0 Å². The first kappa shape index (κ1) is 12.2. The van der Waals surface area contributed by atoms with Crippen LogP contribution in [0.1, 0.15) is 32.6 Å². The van der Waals surface area contributed by atoms with Crippen LogP contribution in [0, 0.1) is 0 Å². The minimum absolute atomic E-state index is 0.534. The van der Waals surface area contributed by atoms with Crippen LogP contribution in [0.2, 0.25) is 0 Å². The summed E-state index contributed by atoms with van der Waals surface area (Å²) in [5.74, 6) is 0.703. The summed E-state index contributed by atoms with van der Waals surface area (Å²) >= 11 is 0. The average Bonchev–Trinajstić information content (AvgIpc) is 2.25. The van der Waals surface area contributed by atoms with Crippen molar-refractivity contribution in [1.29, 1.82) is 0 Å². The van der Waals surface area contributed by atoms with Crippen molar-refractivity contribution in [3.05, 3.63) is 18.5 Å². The highest BCUT2D eigenvalue weighted by molar-refractivity contribution is 7.85. The topological polar surface area (TPSA) is 56.0 Å². The van der Waals surface area contributed by atoms with Crippen LogP contribution in [0.15, 0.2) is 23.4 Å². The molecule has 0 aromatic carbocycles. The fourth-order valence-corrected chi connectivity index (χ4v) is 2.59. The molecule has 0 aliphatic heterocycles. The van der Waals surface area contributed by atoms with Gasteiger partial charge in [0.2, 0.25) is 0 Å². The number of nitrogen functional groups attached to an aromatic ring is 1. The molecule has 4 heteroatoms. The quantitative estimate of drug-likeness (QED) is 0.757. The van der Waals surface area contributed by atoms with Crippen LogP contribution in [0.5, 0.6) is 0 Å². The van der Waals surface area contributed by atoms with Crippen molar-refractivity contribution in [2.24, 2.45) is 0 Å². The third-order valence-corrected chi connectivity index (χ3v) is 3.76. The van der Waals surface area contributed by atoms with Crippen molar-refractivity contribution in [3.63, 3.8) is 0 Å². The molecule has 0 amide bonds. The monoisotopic (exact) mass is 226 g/mol. The van der Waals surface area contributed by atoms with E-state index < -0.39 is 10.8 Å². The van der Waals surface area contributed by atoms with Gasteiger partial charge in [-0.05, 0) is 12.5 Å². The first-order valence-corrected chi connectivity index (χ1v) is 6.65. The molecule has 1 aromatic heterocycles. The SMILES string of the molecule is CCCCCCS(=O)c1ccncc1N. The molecule has 1 aromatic rings. The number of unbranched alkanes of at least 4 members (excludes halogenated alkanes) is 3. The Morgan fingerprint density at radius 2 is 2.20 bits per heavy atom. The van der Waals surface area contributed by atoms with Gasteiger partial charge in [0.15, 0.2) is 0 Å². The van der Waals surface area contributed by atoms with Crippen molar-refractivity contribution < 1.29 is 4.21 Å². The van der Waals surface area contributed by atoms with E-state index in [4.69, 9.17) is 5.73 Å². The predicted octanol–water partition coefficient (Wildman–Crippen LogP) is 2.35. The van der Waals surface area contributed by atoms with E-state index in [0.29, 0.717) is 11.4 Å². The second kappa shape index (κ2) is 6.56. The molecule has 3 nitrogen and oxygen atoms in total. The minimum Gasteiger partial charge on any atom is -0.396 e. The fraction of sp³-hybridized carbons (Fsp3) is 0.545. The van der Waals surface area contributed by atoms with Crippen LogP contribution in [0.25, 0.3) is 0 Å². The molecule has 1 heterocycles. The molecule has 1 atom stereocenters. The van der Waals surface area contributed by atoms with Crippen LogP contribution in [0.3, 0.4) is 0 Å². The molecule has 0 aliphatic rings. The highest BCUT2D eigenvalue weighted by Gasteiger charge is 2.06. The van der Waals surface area contributed by atoms with Crippen molar-refractivity contribution >= 4 is 16.5 Å². The maximum atomic E-state index is 11.8. The lowest BCUT2D eigenvalue weighted by molar-refractivity contribution is 0.668. The Balaban J connectivity index is 2.44. The molecule has 0 bridgehead atoms. The zero-order valence-corrected chi connectivity index (χ0v) is 9.93. The first-order chi connectivity index (χ1) is 7.25. The van der Waals surface area contributed by atoms with E-state index in [2.05, 4.69) is 11.9 Å². The number of aromatic nitrogens is 1. The molecular formula is C11H18N2OS. The lowest BCUT2D eigenvalue weighted by Crippen LogP contribution is -2.02. The molecule has 2 N–H and O–H groups in total.